The van der Waals surface area contributed by atoms with Crippen LogP contribution in [0.15, 0.2) is 101 Å². The van der Waals surface area contributed by atoms with Gasteiger partial charge in [0.05, 0.1) is 11.4 Å². The number of rotatable bonds is 8. The number of hydrogen-bond acceptors (Lipinski definition) is 4. The Morgan fingerprint density at radius 1 is 0.848 bits per heavy atom. The molecule has 4 rings (SSSR count). The number of hydrogen-bond donors (Lipinski definition) is 2. The first-order valence-corrected chi connectivity index (χ1v) is 11.9. The molecule has 7 nitrogen and oxygen atoms in total. The molecule has 0 radical (unpaired) electrons. The Morgan fingerprint density at radius 2 is 1.58 bits per heavy atom. The van der Waals surface area contributed by atoms with Crippen molar-refractivity contribution in [3.05, 3.63) is 107 Å². The minimum atomic E-state index is -3.72. The zero-order chi connectivity index (χ0) is 23.3. The van der Waals surface area contributed by atoms with E-state index in [0.29, 0.717) is 12.2 Å². The lowest BCUT2D eigenvalue weighted by Crippen LogP contribution is -2.27. The first-order chi connectivity index (χ1) is 15.9. The van der Waals surface area contributed by atoms with Crippen molar-refractivity contribution in [3.63, 3.8) is 0 Å². The van der Waals surface area contributed by atoms with Crippen molar-refractivity contribution >= 4 is 32.4 Å². The second-order valence-electron chi connectivity index (χ2n) is 7.57. The molecule has 33 heavy (non-hydrogen) atoms. The van der Waals surface area contributed by atoms with Crippen LogP contribution in [0.25, 0.3) is 10.8 Å². The number of anilines is 1. The van der Waals surface area contributed by atoms with E-state index >= 15 is 0 Å². The summed E-state index contributed by atoms with van der Waals surface area (Å²) in [6.07, 6.45) is 1.71. The van der Waals surface area contributed by atoms with Gasteiger partial charge in [-0.2, -0.15) is 0 Å². The largest absolute Gasteiger partial charge is 0.326 e. The average molecular weight is 462 g/mol. The Hall–Kier alpha value is -3.75. The SMILES string of the molecule is O=C(CCNS(=O)(=O)c1ccc2ccccc2c1)Nc1ccc(Cn2ccccc2=O)cc1. The van der Waals surface area contributed by atoms with E-state index in [1.807, 2.05) is 36.4 Å². The summed E-state index contributed by atoms with van der Waals surface area (Å²) in [6.45, 7) is 0.417. The van der Waals surface area contributed by atoms with Gasteiger partial charge in [0.1, 0.15) is 0 Å². The number of sulfonamides is 1. The zero-order valence-corrected chi connectivity index (χ0v) is 18.6. The van der Waals surface area contributed by atoms with E-state index < -0.39 is 10.0 Å². The van der Waals surface area contributed by atoms with Crippen molar-refractivity contribution in [1.29, 1.82) is 0 Å². The minimum Gasteiger partial charge on any atom is -0.326 e. The third-order valence-electron chi connectivity index (χ3n) is 5.16. The predicted octanol–water partition coefficient (Wildman–Crippen LogP) is 3.36. The number of carbonyl (C=O) groups is 1. The number of benzene rings is 3. The van der Waals surface area contributed by atoms with Gasteiger partial charge in [-0.05, 0) is 46.7 Å². The molecule has 0 spiro atoms. The van der Waals surface area contributed by atoms with E-state index in [1.54, 1.807) is 53.2 Å². The van der Waals surface area contributed by atoms with Crippen LogP contribution in [0.1, 0.15) is 12.0 Å². The van der Waals surface area contributed by atoms with Crippen LogP contribution in [-0.4, -0.2) is 25.4 Å². The smallest absolute Gasteiger partial charge is 0.250 e. The summed E-state index contributed by atoms with van der Waals surface area (Å²) in [6, 6.07) is 24.6. The first-order valence-electron chi connectivity index (χ1n) is 10.4. The zero-order valence-electron chi connectivity index (χ0n) is 17.8. The Bertz CT molecular complexity index is 1440. The maximum absolute atomic E-state index is 12.6. The molecule has 0 saturated heterocycles. The van der Waals surface area contributed by atoms with Crippen LogP contribution in [0.4, 0.5) is 5.69 Å². The maximum Gasteiger partial charge on any atom is 0.250 e. The molecule has 2 N–H and O–H groups in total. The molecule has 0 saturated carbocycles. The molecule has 0 aliphatic carbocycles. The molecule has 0 atom stereocenters. The van der Waals surface area contributed by atoms with E-state index in [2.05, 4.69) is 10.0 Å². The normalized spacial score (nSPS) is 11.4. The summed E-state index contributed by atoms with van der Waals surface area (Å²) in [5, 5.41) is 4.54. The van der Waals surface area contributed by atoms with Crippen LogP contribution in [0.5, 0.6) is 0 Å². The van der Waals surface area contributed by atoms with Crippen molar-refractivity contribution in [3.8, 4) is 0 Å². The second-order valence-corrected chi connectivity index (χ2v) is 9.34. The van der Waals surface area contributed by atoms with E-state index in [0.717, 1.165) is 16.3 Å². The van der Waals surface area contributed by atoms with Gasteiger partial charge < -0.3 is 9.88 Å². The van der Waals surface area contributed by atoms with Gasteiger partial charge in [-0.1, -0.05) is 48.5 Å². The third kappa shape index (κ3) is 5.74. The van der Waals surface area contributed by atoms with Gasteiger partial charge in [0.25, 0.3) is 5.56 Å². The lowest BCUT2D eigenvalue weighted by atomic mass is 10.1. The monoisotopic (exact) mass is 461 g/mol. The standard InChI is InChI=1S/C25H23N3O4S/c29-24(27-22-11-8-19(9-12-22)18-28-16-4-3-7-25(28)30)14-15-26-33(31,32)23-13-10-20-5-1-2-6-21(20)17-23/h1-13,16-17,26H,14-15,18H2,(H,27,29). The molecule has 8 heteroatoms. The topological polar surface area (TPSA) is 97.3 Å². The molecule has 0 aliphatic heterocycles. The highest BCUT2D eigenvalue weighted by atomic mass is 32.2. The quantitative estimate of drug-likeness (QED) is 0.421. The van der Waals surface area contributed by atoms with Gasteiger partial charge in [-0.25, -0.2) is 13.1 Å². The number of fused-ring (bicyclic) bond motifs is 1. The van der Waals surface area contributed by atoms with Crippen LogP contribution < -0.4 is 15.6 Å². The molecule has 1 aromatic heterocycles. The second kappa shape index (κ2) is 9.81. The summed E-state index contributed by atoms with van der Waals surface area (Å²) in [7, 11) is -3.72. The molecule has 3 aromatic carbocycles. The predicted molar refractivity (Wildman–Crippen MR) is 129 cm³/mol. The summed E-state index contributed by atoms with van der Waals surface area (Å²) >= 11 is 0. The van der Waals surface area contributed by atoms with Crippen molar-refractivity contribution in [2.24, 2.45) is 0 Å². The Kier molecular flexibility index (Phi) is 6.67. The van der Waals surface area contributed by atoms with Crippen molar-refractivity contribution in [1.82, 2.24) is 9.29 Å². The number of nitrogens with zero attached hydrogens (tertiary/aromatic N) is 1. The molecule has 0 fully saturated rings. The van der Waals surface area contributed by atoms with E-state index in [4.69, 9.17) is 0 Å². The van der Waals surface area contributed by atoms with Gasteiger partial charge in [0.15, 0.2) is 0 Å². The fourth-order valence-corrected chi connectivity index (χ4v) is 4.49. The Morgan fingerprint density at radius 3 is 2.33 bits per heavy atom. The molecular formula is C25H23N3O4S. The number of carbonyl (C=O) groups excluding carboxylic acids is 1. The third-order valence-corrected chi connectivity index (χ3v) is 6.62. The number of aromatic nitrogens is 1. The van der Waals surface area contributed by atoms with Crippen molar-refractivity contribution in [2.45, 2.75) is 17.9 Å². The summed E-state index contributed by atoms with van der Waals surface area (Å²) in [4.78, 5) is 24.2. The van der Waals surface area contributed by atoms with Crippen LogP contribution in [0, 0.1) is 0 Å². The molecule has 0 aliphatic rings. The number of nitrogens with one attached hydrogen (secondary N) is 2. The first kappa shape index (κ1) is 22.4. The molecule has 1 heterocycles. The average Bonchev–Trinajstić information content (AvgIpc) is 2.81. The fourth-order valence-electron chi connectivity index (χ4n) is 3.42. The molecular weight excluding hydrogens is 438 g/mol. The number of pyridine rings is 1. The Balaban J connectivity index is 1.29. The van der Waals surface area contributed by atoms with Crippen molar-refractivity contribution < 1.29 is 13.2 Å². The van der Waals surface area contributed by atoms with Gasteiger partial charge in [-0.15, -0.1) is 0 Å². The Labute approximate surface area is 191 Å². The van der Waals surface area contributed by atoms with Gasteiger partial charge >= 0.3 is 0 Å². The van der Waals surface area contributed by atoms with Gasteiger partial charge in [0.2, 0.25) is 15.9 Å². The fraction of sp³-hybridized carbons (Fsp3) is 0.120. The van der Waals surface area contributed by atoms with E-state index in [9.17, 15) is 18.0 Å². The highest BCUT2D eigenvalue weighted by Crippen LogP contribution is 2.19. The highest BCUT2D eigenvalue weighted by molar-refractivity contribution is 7.89. The molecule has 0 bridgehead atoms. The number of amides is 1. The maximum atomic E-state index is 12.6. The van der Waals surface area contributed by atoms with E-state index in [-0.39, 0.29) is 29.3 Å². The van der Waals surface area contributed by atoms with Crippen LogP contribution in [-0.2, 0) is 21.4 Å². The van der Waals surface area contributed by atoms with Gasteiger partial charge in [0, 0.05) is 30.9 Å². The van der Waals surface area contributed by atoms with Crippen LogP contribution in [0.3, 0.4) is 0 Å². The summed E-state index contributed by atoms with van der Waals surface area (Å²) < 4.78 is 29.2. The summed E-state index contributed by atoms with van der Waals surface area (Å²) in [5.41, 5.74) is 1.44. The molecule has 4 aromatic rings. The van der Waals surface area contributed by atoms with E-state index in [1.165, 1.54) is 6.07 Å². The lowest BCUT2D eigenvalue weighted by molar-refractivity contribution is -0.116. The summed E-state index contributed by atoms with van der Waals surface area (Å²) in [5.74, 6) is -0.303. The van der Waals surface area contributed by atoms with Gasteiger partial charge in [-0.3, -0.25) is 9.59 Å². The molecule has 168 valence electrons. The van der Waals surface area contributed by atoms with Crippen LogP contribution >= 0.6 is 0 Å². The minimum absolute atomic E-state index is 0.00598. The highest BCUT2D eigenvalue weighted by Gasteiger charge is 2.15. The van der Waals surface area contributed by atoms with Crippen LogP contribution in [0.2, 0.25) is 0 Å². The lowest BCUT2D eigenvalue weighted by Gasteiger charge is -2.09. The molecule has 0 unspecified atom stereocenters. The van der Waals surface area contributed by atoms with Crippen molar-refractivity contribution in [2.75, 3.05) is 11.9 Å². The molecule has 1 amide bonds.